The number of ether oxygens (including phenoxy) is 3. The quantitative estimate of drug-likeness (QED) is 0.549. The zero-order valence-corrected chi connectivity index (χ0v) is 16.4. The van der Waals surface area contributed by atoms with E-state index in [1.165, 1.54) is 11.3 Å². The van der Waals surface area contributed by atoms with Gasteiger partial charge in [0.1, 0.15) is 18.9 Å². The van der Waals surface area contributed by atoms with Gasteiger partial charge >= 0.3 is 17.6 Å². The zero-order valence-electron chi connectivity index (χ0n) is 15.6. The molecule has 162 valence electrons. The molecule has 3 atom stereocenters. The second kappa shape index (κ2) is 9.78. The maximum Gasteiger partial charge on any atom is 0.330 e. The maximum atomic E-state index is 13.6. The third-order valence-corrected chi connectivity index (χ3v) is 5.24. The topological polar surface area (TPSA) is 137 Å². The van der Waals surface area contributed by atoms with Crippen molar-refractivity contribution in [2.45, 2.75) is 44.3 Å². The van der Waals surface area contributed by atoms with Crippen LogP contribution in [-0.2, 0) is 30.4 Å². The van der Waals surface area contributed by atoms with Crippen molar-refractivity contribution in [3.8, 4) is 0 Å². The highest BCUT2D eigenvalue weighted by molar-refractivity contribution is 7.09. The number of aromatic amines is 1. The lowest BCUT2D eigenvalue weighted by Crippen LogP contribution is -2.34. The molecular weight excluding hydrogens is 423 g/mol. The van der Waals surface area contributed by atoms with Gasteiger partial charge in [-0.25, -0.2) is 4.79 Å². The molecule has 10 nitrogen and oxygen atoms in total. The average molecular weight is 442 g/mol. The Labute approximate surface area is 172 Å². The number of carboxylic acids is 1. The van der Waals surface area contributed by atoms with Crippen molar-refractivity contribution in [3.63, 3.8) is 0 Å². The molecule has 3 heterocycles. The average Bonchev–Trinajstić information content (AvgIpc) is 3.35. The summed E-state index contributed by atoms with van der Waals surface area (Å²) < 4.78 is 31.2. The highest BCUT2D eigenvalue weighted by Crippen LogP contribution is 2.31. The third kappa shape index (κ3) is 5.62. The number of carbonyl (C=O) groups excluding carboxylic acids is 1. The Hall–Kier alpha value is -2.83. The lowest BCUT2D eigenvalue weighted by Gasteiger charge is -2.18. The minimum Gasteiger partial charge on any atom is -0.481 e. The van der Waals surface area contributed by atoms with Crippen LogP contribution in [0.4, 0.5) is 4.39 Å². The summed E-state index contributed by atoms with van der Waals surface area (Å²) in [6.45, 7) is 0.0292. The van der Waals surface area contributed by atoms with Crippen molar-refractivity contribution in [2.75, 3.05) is 6.61 Å². The molecule has 0 radical (unpaired) electrons. The molecule has 1 aliphatic heterocycles. The first-order valence-corrected chi connectivity index (χ1v) is 9.89. The number of carbonyl (C=O) groups is 2. The minimum absolute atomic E-state index is 0.147. The van der Waals surface area contributed by atoms with Crippen LogP contribution < -0.4 is 11.2 Å². The molecule has 2 N–H and O–H groups in total. The molecule has 0 amide bonds. The van der Waals surface area contributed by atoms with Gasteiger partial charge in [0.15, 0.2) is 0 Å². The summed E-state index contributed by atoms with van der Waals surface area (Å²) in [5.74, 6) is -2.98. The van der Waals surface area contributed by atoms with E-state index in [9.17, 15) is 23.6 Å². The second-order valence-corrected chi connectivity index (χ2v) is 7.55. The number of hydrogen-bond acceptors (Lipinski definition) is 8. The van der Waals surface area contributed by atoms with Crippen LogP contribution in [-0.4, -0.2) is 45.4 Å². The predicted molar refractivity (Wildman–Crippen MR) is 101 cm³/mol. The van der Waals surface area contributed by atoms with Gasteiger partial charge in [-0.3, -0.25) is 23.9 Å². The van der Waals surface area contributed by atoms with Crippen molar-refractivity contribution >= 4 is 23.3 Å². The van der Waals surface area contributed by atoms with Crippen LogP contribution in [0.1, 0.15) is 30.4 Å². The number of esters is 1. The number of thiophene rings is 1. The van der Waals surface area contributed by atoms with Crippen LogP contribution in [0, 0.1) is 5.82 Å². The van der Waals surface area contributed by atoms with Gasteiger partial charge in [0, 0.05) is 11.3 Å². The number of aromatic nitrogens is 2. The van der Waals surface area contributed by atoms with Gasteiger partial charge in [-0.05, 0) is 11.4 Å². The van der Waals surface area contributed by atoms with Gasteiger partial charge in [-0.15, -0.1) is 11.3 Å². The fourth-order valence-electron chi connectivity index (χ4n) is 2.91. The lowest BCUT2D eigenvalue weighted by molar-refractivity contribution is -0.153. The summed E-state index contributed by atoms with van der Waals surface area (Å²) in [6, 6.07) is 3.74. The molecule has 0 unspecified atom stereocenters. The largest absolute Gasteiger partial charge is 0.481 e. The van der Waals surface area contributed by atoms with Gasteiger partial charge in [-0.2, -0.15) is 4.39 Å². The molecule has 1 fully saturated rings. The number of H-pyrrole nitrogens is 1. The second-order valence-electron chi connectivity index (χ2n) is 6.51. The molecule has 12 heteroatoms. The number of aliphatic carboxylic acids is 1. The van der Waals surface area contributed by atoms with Crippen molar-refractivity contribution < 1.29 is 33.3 Å². The number of nitrogens with one attached hydrogen (secondary N) is 1. The highest BCUT2D eigenvalue weighted by atomic mass is 32.1. The van der Waals surface area contributed by atoms with Crippen LogP contribution in [0.5, 0.6) is 0 Å². The normalized spacial score (nSPS) is 20.9. The SMILES string of the molecule is O=C(O)CCC(=O)OC[C@H]1O[C@@H](n2cc(F)c(=O)[nH]c2=O)C[C@@H]1OCc1cccs1. The Morgan fingerprint density at radius 3 is 2.87 bits per heavy atom. The molecule has 0 bridgehead atoms. The molecule has 2 aromatic rings. The summed E-state index contributed by atoms with van der Waals surface area (Å²) in [4.78, 5) is 48.4. The van der Waals surface area contributed by atoms with E-state index in [4.69, 9.17) is 19.3 Å². The molecule has 30 heavy (non-hydrogen) atoms. The Balaban J connectivity index is 1.69. The number of hydrogen-bond donors (Lipinski definition) is 2. The van der Waals surface area contributed by atoms with E-state index < -0.39 is 47.4 Å². The fourth-order valence-corrected chi connectivity index (χ4v) is 3.54. The number of halogens is 1. The predicted octanol–water partition coefficient (Wildman–Crippen LogP) is 1.02. The number of nitrogens with zero attached hydrogens (tertiary/aromatic N) is 1. The van der Waals surface area contributed by atoms with Crippen LogP contribution in [0.15, 0.2) is 33.3 Å². The first-order valence-electron chi connectivity index (χ1n) is 9.01. The maximum absolute atomic E-state index is 13.6. The van der Waals surface area contributed by atoms with E-state index in [2.05, 4.69) is 0 Å². The third-order valence-electron chi connectivity index (χ3n) is 4.39. The summed E-state index contributed by atoms with van der Waals surface area (Å²) in [5.41, 5.74) is -1.98. The Morgan fingerprint density at radius 1 is 1.37 bits per heavy atom. The molecule has 1 aliphatic rings. The van der Waals surface area contributed by atoms with Crippen LogP contribution in [0.3, 0.4) is 0 Å². The van der Waals surface area contributed by atoms with E-state index >= 15 is 0 Å². The van der Waals surface area contributed by atoms with E-state index in [1.807, 2.05) is 22.5 Å². The first-order chi connectivity index (χ1) is 14.3. The molecule has 0 aliphatic carbocycles. The Kier molecular flexibility index (Phi) is 7.13. The van der Waals surface area contributed by atoms with Gasteiger partial charge in [0.25, 0.3) is 5.56 Å². The van der Waals surface area contributed by atoms with Crippen molar-refractivity contribution in [2.24, 2.45) is 0 Å². The summed E-state index contributed by atoms with van der Waals surface area (Å²) in [6.07, 6.45) is -2.07. The standard InChI is InChI=1S/C18H19FN2O8S/c19-11-7-21(18(26)20-17(11)25)14-6-12(27-8-10-2-1-5-30-10)13(29-14)9-28-16(24)4-3-15(22)23/h1-2,5,7,12-14H,3-4,6,8-9H2,(H,22,23)(H,20,25,26)/t12-,13+,14+/m0/s1. The lowest BCUT2D eigenvalue weighted by atomic mass is 10.2. The molecule has 0 aromatic carbocycles. The smallest absolute Gasteiger partial charge is 0.330 e. The Bertz CT molecular complexity index is 1000. The Morgan fingerprint density at radius 2 is 2.17 bits per heavy atom. The van der Waals surface area contributed by atoms with Gasteiger partial charge < -0.3 is 19.3 Å². The summed E-state index contributed by atoms with van der Waals surface area (Å²) in [5, 5.41) is 10.5. The summed E-state index contributed by atoms with van der Waals surface area (Å²) in [7, 11) is 0. The molecule has 2 aromatic heterocycles. The van der Waals surface area contributed by atoms with E-state index in [-0.39, 0.29) is 32.5 Å². The molecular formula is C18H19FN2O8S. The van der Waals surface area contributed by atoms with Crippen molar-refractivity contribution in [3.05, 3.63) is 55.2 Å². The number of carboxylic acid groups (broad SMARTS) is 1. The monoisotopic (exact) mass is 442 g/mol. The van der Waals surface area contributed by atoms with Gasteiger partial charge in [-0.1, -0.05) is 6.07 Å². The van der Waals surface area contributed by atoms with Crippen LogP contribution in [0.2, 0.25) is 0 Å². The van der Waals surface area contributed by atoms with Gasteiger partial charge in [0.05, 0.1) is 31.7 Å². The van der Waals surface area contributed by atoms with Crippen molar-refractivity contribution in [1.82, 2.24) is 9.55 Å². The fraction of sp³-hybridized carbons (Fsp3) is 0.444. The van der Waals surface area contributed by atoms with E-state index in [0.717, 1.165) is 15.6 Å². The molecule has 0 spiro atoms. The van der Waals surface area contributed by atoms with E-state index in [0.29, 0.717) is 0 Å². The van der Waals surface area contributed by atoms with Crippen LogP contribution in [0.25, 0.3) is 0 Å². The minimum atomic E-state index is -1.14. The first kappa shape index (κ1) is 21.9. The molecule has 0 saturated carbocycles. The van der Waals surface area contributed by atoms with Gasteiger partial charge in [0.2, 0.25) is 5.82 Å². The van der Waals surface area contributed by atoms with Crippen molar-refractivity contribution in [1.29, 1.82) is 0 Å². The summed E-state index contributed by atoms with van der Waals surface area (Å²) >= 11 is 1.49. The molecule has 3 rings (SSSR count). The van der Waals surface area contributed by atoms with Crippen LogP contribution >= 0.6 is 11.3 Å². The zero-order chi connectivity index (χ0) is 21.7. The highest BCUT2D eigenvalue weighted by Gasteiger charge is 2.38. The molecule has 1 saturated heterocycles. The van der Waals surface area contributed by atoms with E-state index in [1.54, 1.807) is 0 Å². The number of rotatable bonds is 9.